The third-order valence-electron chi connectivity index (χ3n) is 3.84. The van der Waals surface area contributed by atoms with Gasteiger partial charge in [0, 0.05) is 43.0 Å². The number of hydrogen-bond acceptors (Lipinski definition) is 5. The molecule has 0 aliphatic carbocycles. The fraction of sp³-hybridized carbons (Fsp3) is 0.526. The SMILES string of the molecule is Cc1ccc(Cc2nsc(N(CCC(=O)NC(C)C)C(C)C)n2)cc1. The van der Waals surface area contributed by atoms with E-state index < -0.39 is 0 Å². The molecule has 0 spiro atoms. The summed E-state index contributed by atoms with van der Waals surface area (Å²) in [6.45, 7) is 10.9. The van der Waals surface area contributed by atoms with E-state index >= 15 is 0 Å². The van der Waals surface area contributed by atoms with Crippen molar-refractivity contribution in [3.63, 3.8) is 0 Å². The van der Waals surface area contributed by atoms with E-state index in [1.165, 1.54) is 22.7 Å². The Morgan fingerprint density at radius 2 is 1.88 bits per heavy atom. The predicted molar refractivity (Wildman–Crippen MR) is 104 cm³/mol. The average Bonchev–Trinajstić information content (AvgIpc) is 2.97. The molecule has 0 unspecified atom stereocenters. The first-order valence-corrected chi connectivity index (χ1v) is 9.56. The normalized spacial score (nSPS) is 11.2. The average molecular weight is 361 g/mol. The number of aryl methyl sites for hydroxylation is 1. The molecule has 0 atom stereocenters. The number of anilines is 1. The van der Waals surface area contributed by atoms with Crippen LogP contribution in [0.2, 0.25) is 0 Å². The molecule has 0 aliphatic heterocycles. The van der Waals surface area contributed by atoms with E-state index in [9.17, 15) is 4.79 Å². The van der Waals surface area contributed by atoms with Crippen LogP contribution in [0.5, 0.6) is 0 Å². The molecule has 0 aliphatic rings. The predicted octanol–water partition coefficient (Wildman–Crippen LogP) is 3.57. The maximum Gasteiger partial charge on any atom is 0.221 e. The van der Waals surface area contributed by atoms with Gasteiger partial charge in [0.2, 0.25) is 11.0 Å². The lowest BCUT2D eigenvalue weighted by molar-refractivity contribution is -0.121. The van der Waals surface area contributed by atoms with Crippen LogP contribution in [0.4, 0.5) is 5.13 Å². The van der Waals surface area contributed by atoms with Gasteiger partial charge in [-0.3, -0.25) is 4.79 Å². The molecule has 1 heterocycles. The Morgan fingerprint density at radius 3 is 2.48 bits per heavy atom. The molecular formula is C19H28N4OS. The van der Waals surface area contributed by atoms with Gasteiger partial charge in [0.05, 0.1) is 0 Å². The van der Waals surface area contributed by atoms with Crippen molar-refractivity contribution >= 4 is 22.6 Å². The van der Waals surface area contributed by atoms with Crippen LogP contribution < -0.4 is 10.2 Å². The number of aromatic nitrogens is 2. The van der Waals surface area contributed by atoms with Crippen molar-refractivity contribution in [2.24, 2.45) is 0 Å². The van der Waals surface area contributed by atoms with E-state index in [1.807, 2.05) is 13.8 Å². The van der Waals surface area contributed by atoms with Crippen molar-refractivity contribution in [1.82, 2.24) is 14.7 Å². The number of amides is 1. The monoisotopic (exact) mass is 360 g/mol. The van der Waals surface area contributed by atoms with E-state index in [0.29, 0.717) is 13.0 Å². The largest absolute Gasteiger partial charge is 0.354 e. The van der Waals surface area contributed by atoms with Crippen LogP contribution in [0.1, 0.15) is 51.1 Å². The zero-order valence-corrected chi connectivity index (χ0v) is 16.6. The van der Waals surface area contributed by atoms with E-state index in [1.54, 1.807) is 0 Å². The topological polar surface area (TPSA) is 58.1 Å². The summed E-state index contributed by atoms with van der Waals surface area (Å²) in [4.78, 5) is 18.8. The fourth-order valence-electron chi connectivity index (χ4n) is 2.51. The Morgan fingerprint density at radius 1 is 1.20 bits per heavy atom. The van der Waals surface area contributed by atoms with Gasteiger partial charge in [-0.2, -0.15) is 4.37 Å². The number of benzene rings is 1. The Labute approximate surface area is 154 Å². The Hall–Kier alpha value is -1.95. The van der Waals surface area contributed by atoms with Gasteiger partial charge in [-0.25, -0.2) is 4.98 Å². The van der Waals surface area contributed by atoms with Crippen molar-refractivity contribution in [3.05, 3.63) is 41.2 Å². The van der Waals surface area contributed by atoms with Gasteiger partial charge in [0.15, 0.2) is 0 Å². The van der Waals surface area contributed by atoms with Crippen LogP contribution in [0.25, 0.3) is 0 Å². The number of carbonyl (C=O) groups is 1. The Bertz CT molecular complexity index is 679. The number of hydrogen-bond donors (Lipinski definition) is 1. The van der Waals surface area contributed by atoms with Crippen molar-refractivity contribution in [3.8, 4) is 0 Å². The molecule has 0 radical (unpaired) electrons. The smallest absolute Gasteiger partial charge is 0.221 e. The molecular weight excluding hydrogens is 332 g/mol. The number of carbonyl (C=O) groups excluding carboxylic acids is 1. The van der Waals surface area contributed by atoms with Crippen LogP contribution in [-0.2, 0) is 11.2 Å². The van der Waals surface area contributed by atoms with Gasteiger partial charge in [-0.05, 0) is 40.2 Å². The number of nitrogens with zero attached hydrogens (tertiary/aromatic N) is 3. The second-order valence-corrected chi connectivity index (χ2v) is 7.65. The number of rotatable bonds is 8. The summed E-state index contributed by atoms with van der Waals surface area (Å²) in [5.41, 5.74) is 2.46. The highest BCUT2D eigenvalue weighted by atomic mass is 32.1. The van der Waals surface area contributed by atoms with Gasteiger partial charge >= 0.3 is 0 Å². The van der Waals surface area contributed by atoms with E-state index in [4.69, 9.17) is 4.98 Å². The molecule has 0 fully saturated rings. The highest BCUT2D eigenvalue weighted by molar-refractivity contribution is 7.09. The third-order valence-corrected chi connectivity index (χ3v) is 4.63. The molecule has 1 aromatic carbocycles. The Kier molecular flexibility index (Phi) is 6.93. The quantitative estimate of drug-likeness (QED) is 0.782. The lowest BCUT2D eigenvalue weighted by Gasteiger charge is -2.25. The molecule has 2 aromatic rings. The van der Waals surface area contributed by atoms with Crippen LogP contribution in [0, 0.1) is 6.92 Å². The molecule has 1 amide bonds. The maximum absolute atomic E-state index is 11.9. The van der Waals surface area contributed by atoms with E-state index in [0.717, 1.165) is 17.4 Å². The van der Waals surface area contributed by atoms with Crippen molar-refractivity contribution in [2.75, 3.05) is 11.4 Å². The molecule has 2 rings (SSSR count). The van der Waals surface area contributed by atoms with Crippen molar-refractivity contribution < 1.29 is 4.79 Å². The molecule has 6 heteroatoms. The molecule has 5 nitrogen and oxygen atoms in total. The van der Waals surface area contributed by atoms with Gasteiger partial charge < -0.3 is 10.2 Å². The highest BCUT2D eigenvalue weighted by Gasteiger charge is 2.17. The zero-order valence-electron chi connectivity index (χ0n) is 15.7. The van der Waals surface area contributed by atoms with Crippen LogP contribution >= 0.6 is 11.5 Å². The summed E-state index contributed by atoms with van der Waals surface area (Å²) >= 11 is 1.41. The van der Waals surface area contributed by atoms with Gasteiger partial charge in [0.1, 0.15) is 5.82 Å². The van der Waals surface area contributed by atoms with E-state index in [-0.39, 0.29) is 18.0 Å². The minimum atomic E-state index is 0.0741. The summed E-state index contributed by atoms with van der Waals surface area (Å²) in [5, 5.41) is 3.82. The lowest BCUT2D eigenvalue weighted by Crippen LogP contribution is -2.37. The molecule has 0 bridgehead atoms. The first-order chi connectivity index (χ1) is 11.8. The van der Waals surface area contributed by atoms with Crippen LogP contribution in [0.3, 0.4) is 0 Å². The molecule has 25 heavy (non-hydrogen) atoms. The summed E-state index contributed by atoms with van der Waals surface area (Å²) < 4.78 is 4.50. The molecule has 0 saturated carbocycles. The van der Waals surface area contributed by atoms with Gasteiger partial charge in [-0.15, -0.1) is 0 Å². The van der Waals surface area contributed by atoms with Crippen LogP contribution in [0.15, 0.2) is 24.3 Å². The van der Waals surface area contributed by atoms with E-state index in [2.05, 4.69) is 59.6 Å². The first kappa shape index (κ1) is 19.4. The van der Waals surface area contributed by atoms with Crippen LogP contribution in [-0.4, -0.2) is 33.9 Å². The minimum Gasteiger partial charge on any atom is -0.354 e. The van der Waals surface area contributed by atoms with Gasteiger partial charge in [-0.1, -0.05) is 29.8 Å². The Balaban J connectivity index is 2.00. The zero-order chi connectivity index (χ0) is 18.4. The number of nitrogens with one attached hydrogen (secondary N) is 1. The standard InChI is InChI=1S/C19H28N4OS/c1-13(2)20-18(24)10-11-23(14(3)4)19-21-17(22-25-19)12-16-8-6-15(5)7-9-16/h6-9,13-14H,10-12H2,1-5H3,(H,20,24). The molecule has 1 N–H and O–H groups in total. The fourth-order valence-corrected chi connectivity index (χ4v) is 3.36. The highest BCUT2D eigenvalue weighted by Crippen LogP contribution is 2.21. The van der Waals surface area contributed by atoms with Crippen molar-refractivity contribution in [1.29, 1.82) is 0 Å². The summed E-state index contributed by atoms with van der Waals surface area (Å²) in [6.07, 6.45) is 1.19. The second kappa shape index (κ2) is 8.94. The third kappa shape index (κ3) is 6.12. The second-order valence-electron chi connectivity index (χ2n) is 6.91. The van der Waals surface area contributed by atoms with Crippen molar-refractivity contribution in [2.45, 2.75) is 59.5 Å². The first-order valence-electron chi connectivity index (χ1n) is 8.79. The lowest BCUT2D eigenvalue weighted by atomic mass is 10.1. The molecule has 0 saturated heterocycles. The summed E-state index contributed by atoms with van der Waals surface area (Å²) in [5.74, 6) is 0.908. The summed E-state index contributed by atoms with van der Waals surface area (Å²) in [6, 6.07) is 8.89. The van der Waals surface area contributed by atoms with Gasteiger partial charge in [0.25, 0.3) is 0 Å². The molecule has 136 valence electrons. The molecule has 1 aromatic heterocycles. The maximum atomic E-state index is 11.9. The minimum absolute atomic E-state index is 0.0741. The summed E-state index contributed by atoms with van der Waals surface area (Å²) in [7, 11) is 0.